The summed E-state index contributed by atoms with van der Waals surface area (Å²) >= 11 is 0. The molecule has 1 saturated heterocycles. The van der Waals surface area contributed by atoms with E-state index in [4.69, 9.17) is 10.3 Å². The first-order chi connectivity index (χ1) is 8.74. The maximum absolute atomic E-state index is 5.80. The molecule has 2 N–H and O–H groups in total. The number of aromatic nitrogens is 2. The summed E-state index contributed by atoms with van der Waals surface area (Å²) in [6.07, 6.45) is 2.40. The van der Waals surface area contributed by atoms with Crippen molar-refractivity contribution in [2.24, 2.45) is 0 Å². The SMILES string of the molecule is Cc1cc(-c2nc(N3CCCC3)no2)ccc1N. The van der Waals surface area contributed by atoms with Crippen LogP contribution in [0.2, 0.25) is 0 Å². The van der Waals surface area contributed by atoms with E-state index in [1.165, 1.54) is 12.8 Å². The number of hydrogen-bond acceptors (Lipinski definition) is 5. The highest BCUT2D eigenvalue weighted by atomic mass is 16.5. The van der Waals surface area contributed by atoms with E-state index in [0.717, 1.165) is 29.9 Å². The molecule has 5 heteroatoms. The molecule has 0 amide bonds. The van der Waals surface area contributed by atoms with Gasteiger partial charge in [-0.3, -0.25) is 0 Å². The van der Waals surface area contributed by atoms with Crippen LogP contribution in [0.3, 0.4) is 0 Å². The molecular formula is C13H16N4O. The zero-order valence-corrected chi connectivity index (χ0v) is 10.4. The van der Waals surface area contributed by atoms with Crippen molar-refractivity contribution < 1.29 is 4.52 Å². The van der Waals surface area contributed by atoms with Gasteiger partial charge in [0.2, 0.25) is 0 Å². The Morgan fingerprint density at radius 3 is 2.78 bits per heavy atom. The van der Waals surface area contributed by atoms with Gasteiger partial charge in [0.25, 0.3) is 11.8 Å². The molecule has 18 heavy (non-hydrogen) atoms. The van der Waals surface area contributed by atoms with Gasteiger partial charge in [0.05, 0.1) is 0 Å². The number of aryl methyl sites for hydroxylation is 1. The van der Waals surface area contributed by atoms with Crippen LogP contribution in [0.25, 0.3) is 11.5 Å². The van der Waals surface area contributed by atoms with Gasteiger partial charge in [-0.25, -0.2) is 0 Å². The Hall–Kier alpha value is -2.04. The second-order valence-corrected chi connectivity index (χ2v) is 4.67. The summed E-state index contributed by atoms with van der Waals surface area (Å²) in [5.74, 6) is 1.25. The van der Waals surface area contributed by atoms with Crippen LogP contribution >= 0.6 is 0 Å². The minimum atomic E-state index is 0.556. The summed E-state index contributed by atoms with van der Waals surface area (Å²) in [6, 6.07) is 5.74. The smallest absolute Gasteiger partial charge is 0.266 e. The predicted octanol–water partition coefficient (Wildman–Crippen LogP) is 2.23. The Morgan fingerprint density at radius 1 is 1.28 bits per heavy atom. The van der Waals surface area contributed by atoms with Crippen molar-refractivity contribution >= 4 is 11.6 Å². The minimum Gasteiger partial charge on any atom is -0.399 e. The molecule has 5 nitrogen and oxygen atoms in total. The first-order valence-electron chi connectivity index (χ1n) is 6.19. The van der Waals surface area contributed by atoms with E-state index in [1.54, 1.807) is 0 Å². The topological polar surface area (TPSA) is 68.2 Å². The molecular weight excluding hydrogens is 228 g/mol. The Labute approximate surface area is 106 Å². The third-order valence-electron chi connectivity index (χ3n) is 3.32. The van der Waals surface area contributed by atoms with Crippen LogP contribution < -0.4 is 10.6 Å². The van der Waals surface area contributed by atoms with Crippen molar-refractivity contribution in [1.82, 2.24) is 10.1 Å². The van der Waals surface area contributed by atoms with Crippen molar-refractivity contribution in [3.8, 4) is 11.5 Å². The Morgan fingerprint density at radius 2 is 2.06 bits per heavy atom. The molecule has 0 radical (unpaired) electrons. The van der Waals surface area contributed by atoms with Gasteiger partial charge >= 0.3 is 0 Å². The van der Waals surface area contributed by atoms with Crippen LogP contribution in [0.4, 0.5) is 11.6 Å². The fraction of sp³-hybridized carbons (Fsp3) is 0.385. The van der Waals surface area contributed by atoms with Crippen LogP contribution in [-0.2, 0) is 0 Å². The van der Waals surface area contributed by atoms with E-state index < -0.39 is 0 Å². The van der Waals surface area contributed by atoms with Gasteiger partial charge in [0.15, 0.2) is 0 Å². The molecule has 0 aliphatic carbocycles. The van der Waals surface area contributed by atoms with E-state index in [0.29, 0.717) is 11.8 Å². The van der Waals surface area contributed by atoms with Crippen LogP contribution in [0.15, 0.2) is 22.7 Å². The highest BCUT2D eigenvalue weighted by Gasteiger charge is 2.18. The van der Waals surface area contributed by atoms with Crippen molar-refractivity contribution in [3.63, 3.8) is 0 Å². The average molecular weight is 244 g/mol. The van der Waals surface area contributed by atoms with Gasteiger partial charge in [-0.05, 0) is 48.7 Å². The summed E-state index contributed by atoms with van der Waals surface area (Å²) < 4.78 is 5.31. The number of benzene rings is 1. The fourth-order valence-electron chi connectivity index (χ4n) is 2.19. The third-order valence-corrected chi connectivity index (χ3v) is 3.32. The van der Waals surface area contributed by atoms with Crippen molar-refractivity contribution in [1.29, 1.82) is 0 Å². The highest BCUT2D eigenvalue weighted by molar-refractivity contribution is 5.61. The Kier molecular flexibility index (Phi) is 2.66. The van der Waals surface area contributed by atoms with E-state index in [9.17, 15) is 0 Å². The molecule has 94 valence electrons. The zero-order chi connectivity index (χ0) is 12.5. The maximum atomic E-state index is 5.80. The van der Waals surface area contributed by atoms with E-state index >= 15 is 0 Å². The number of rotatable bonds is 2. The van der Waals surface area contributed by atoms with Gasteiger partial charge in [0, 0.05) is 24.3 Å². The molecule has 0 saturated carbocycles. The number of hydrogen-bond donors (Lipinski definition) is 1. The first-order valence-corrected chi connectivity index (χ1v) is 6.19. The standard InChI is InChI=1S/C13H16N4O/c1-9-8-10(4-5-11(9)14)12-15-13(16-18-12)17-6-2-3-7-17/h4-5,8H,2-3,6-7,14H2,1H3. The second-order valence-electron chi connectivity index (χ2n) is 4.67. The number of nitrogens with zero attached hydrogens (tertiary/aromatic N) is 3. The lowest BCUT2D eigenvalue weighted by Crippen LogP contribution is -2.18. The molecule has 3 rings (SSSR count). The van der Waals surface area contributed by atoms with Crippen molar-refractivity contribution in [2.45, 2.75) is 19.8 Å². The molecule has 0 unspecified atom stereocenters. The van der Waals surface area contributed by atoms with Crippen LogP contribution in [0.1, 0.15) is 18.4 Å². The summed E-state index contributed by atoms with van der Waals surface area (Å²) in [4.78, 5) is 6.59. The Balaban J connectivity index is 1.89. The molecule has 0 atom stereocenters. The largest absolute Gasteiger partial charge is 0.399 e. The average Bonchev–Trinajstić information content (AvgIpc) is 3.01. The molecule has 0 spiro atoms. The van der Waals surface area contributed by atoms with Gasteiger partial charge in [0.1, 0.15) is 0 Å². The molecule has 1 aromatic heterocycles. The fourth-order valence-corrected chi connectivity index (χ4v) is 2.19. The van der Waals surface area contributed by atoms with Crippen LogP contribution in [0.5, 0.6) is 0 Å². The lowest BCUT2D eigenvalue weighted by molar-refractivity contribution is 0.430. The predicted molar refractivity (Wildman–Crippen MR) is 70.3 cm³/mol. The van der Waals surface area contributed by atoms with Crippen molar-refractivity contribution in [3.05, 3.63) is 23.8 Å². The van der Waals surface area contributed by atoms with E-state index in [2.05, 4.69) is 15.0 Å². The summed E-state index contributed by atoms with van der Waals surface area (Å²) in [5, 5.41) is 4.04. The van der Waals surface area contributed by atoms with Gasteiger partial charge in [-0.15, -0.1) is 0 Å². The molecule has 2 heterocycles. The lowest BCUT2D eigenvalue weighted by atomic mass is 10.1. The van der Waals surface area contributed by atoms with E-state index in [-0.39, 0.29) is 0 Å². The maximum Gasteiger partial charge on any atom is 0.266 e. The van der Waals surface area contributed by atoms with E-state index in [1.807, 2.05) is 25.1 Å². The molecule has 1 aromatic carbocycles. The molecule has 1 aliphatic heterocycles. The minimum absolute atomic E-state index is 0.556. The highest BCUT2D eigenvalue weighted by Crippen LogP contribution is 2.24. The molecule has 1 fully saturated rings. The Bertz CT molecular complexity index is 558. The molecule has 2 aromatic rings. The monoisotopic (exact) mass is 244 g/mol. The van der Waals surface area contributed by atoms with Crippen molar-refractivity contribution in [2.75, 3.05) is 23.7 Å². The quantitative estimate of drug-likeness (QED) is 0.820. The van der Waals surface area contributed by atoms with Gasteiger partial charge in [-0.2, -0.15) is 4.98 Å². The summed E-state index contributed by atoms with van der Waals surface area (Å²) in [5.41, 5.74) is 8.51. The molecule has 0 bridgehead atoms. The molecule has 1 aliphatic rings. The number of nitrogens with two attached hydrogens (primary N) is 1. The normalized spacial score (nSPS) is 15.3. The summed E-state index contributed by atoms with van der Waals surface area (Å²) in [6.45, 7) is 4.00. The second kappa shape index (κ2) is 4.33. The third kappa shape index (κ3) is 1.92. The number of nitrogen functional groups attached to an aromatic ring is 1. The van der Waals surface area contributed by atoms with Gasteiger partial charge in [-0.1, -0.05) is 0 Å². The zero-order valence-electron chi connectivity index (χ0n) is 10.4. The first kappa shape index (κ1) is 11.1. The van der Waals surface area contributed by atoms with Crippen LogP contribution in [0, 0.1) is 6.92 Å². The van der Waals surface area contributed by atoms with Gasteiger partial charge < -0.3 is 15.2 Å². The van der Waals surface area contributed by atoms with Crippen LogP contribution in [-0.4, -0.2) is 23.2 Å². The number of anilines is 2. The lowest BCUT2D eigenvalue weighted by Gasteiger charge is -2.09. The summed E-state index contributed by atoms with van der Waals surface area (Å²) in [7, 11) is 0.